The molecule has 21 heavy (non-hydrogen) atoms. The predicted octanol–water partition coefficient (Wildman–Crippen LogP) is 1.72. The molecule has 3 amide bonds. The Balaban J connectivity index is 2.81. The van der Waals surface area contributed by atoms with Gasteiger partial charge in [0, 0.05) is 24.5 Å². The van der Waals surface area contributed by atoms with Crippen LogP contribution in [0.5, 0.6) is 0 Å². The van der Waals surface area contributed by atoms with Gasteiger partial charge in [0.1, 0.15) is 6.04 Å². The second-order valence-corrected chi connectivity index (χ2v) is 4.81. The van der Waals surface area contributed by atoms with Crippen molar-refractivity contribution in [3.05, 3.63) is 24.3 Å². The van der Waals surface area contributed by atoms with Crippen LogP contribution < -0.4 is 21.3 Å². The molecule has 4 N–H and O–H groups in total. The van der Waals surface area contributed by atoms with Crippen LogP contribution in [0.1, 0.15) is 27.2 Å². The second kappa shape index (κ2) is 8.14. The molecule has 1 atom stereocenters. The molecule has 0 saturated carbocycles. The average molecular weight is 292 g/mol. The first-order valence-corrected chi connectivity index (χ1v) is 7.20. The lowest BCUT2D eigenvalue weighted by Gasteiger charge is -2.30. The number of amides is 3. The molecular formula is C15H24N4O2. The quantitative estimate of drug-likeness (QED) is 0.697. The number of benzene rings is 1. The summed E-state index contributed by atoms with van der Waals surface area (Å²) in [5.41, 5.74) is 7.27. The van der Waals surface area contributed by atoms with E-state index in [4.69, 9.17) is 5.73 Å². The maximum Gasteiger partial charge on any atom is 0.321 e. The monoisotopic (exact) mass is 292 g/mol. The normalized spacial score (nSPS) is 11.6. The molecule has 1 aromatic carbocycles. The van der Waals surface area contributed by atoms with E-state index in [2.05, 4.69) is 10.6 Å². The van der Waals surface area contributed by atoms with Crippen molar-refractivity contribution in [1.29, 1.82) is 0 Å². The Morgan fingerprint density at radius 3 is 2.38 bits per heavy atom. The summed E-state index contributed by atoms with van der Waals surface area (Å²) in [5, 5.41) is 4.89. The third kappa shape index (κ3) is 4.98. The fraction of sp³-hybridized carbons (Fsp3) is 0.467. The van der Waals surface area contributed by atoms with Crippen molar-refractivity contribution >= 4 is 23.3 Å². The Labute approximate surface area is 125 Å². The number of hydrogen-bond acceptors (Lipinski definition) is 4. The minimum Gasteiger partial charge on any atom is -0.399 e. The molecule has 0 fully saturated rings. The number of nitrogens with two attached hydrogens (primary N) is 1. The average Bonchev–Trinajstić information content (AvgIpc) is 2.45. The first-order chi connectivity index (χ1) is 9.99. The van der Waals surface area contributed by atoms with Crippen molar-refractivity contribution in [3.63, 3.8) is 0 Å². The largest absolute Gasteiger partial charge is 0.399 e. The van der Waals surface area contributed by atoms with E-state index in [9.17, 15) is 9.59 Å². The van der Waals surface area contributed by atoms with Crippen LogP contribution in [0.2, 0.25) is 0 Å². The summed E-state index contributed by atoms with van der Waals surface area (Å²) in [6, 6.07) is 6.43. The smallest absolute Gasteiger partial charge is 0.321 e. The van der Waals surface area contributed by atoms with Crippen LogP contribution in [0.25, 0.3) is 0 Å². The maximum atomic E-state index is 12.1. The summed E-state index contributed by atoms with van der Waals surface area (Å²) in [6.07, 6.45) is 0.892. The van der Waals surface area contributed by atoms with E-state index in [-0.39, 0.29) is 5.91 Å². The topological polar surface area (TPSA) is 87.5 Å². The van der Waals surface area contributed by atoms with Gasteiger partial charge in [-0.1, -0.05) is 6.92 Å². The Kier molecular flexibility index (Phi) is 6.52. The van der Waals surface area contributed by atoms with Crippen LogP contribution >= 0.6 is 0 Å². The zero-order valence-corrected chi connectivity index (χ0v) is 12.8. The molecule has 0 radical (unpaired) electrons. The third-order valence-corrected chi connectivity index (χ3v) is 3.11. The van der Waals surface area contributed by atoms with Crippen LogP contribution in [0, 0.1) is 0 Å². The lowest BCUT2D eigenvalue weighted by Crippen LogP contribution is -2.50. The van der Waals surface area contributed by atoms with Gasteiger partial charge in [-0.25, -0.2) is 4.79 Å². The number of imide groups is 1. The van der Waals surface area contributed by atoms with Gasteiger partial charge in [0.25, 0.3) is 0 Å². The minimum atomic E-state index is -0.469. The van der Waals surface area contributed by atoms with Crippen LogP contribution in [-0.2, 0) is 4.79 Å². The number of nitrogen functional groups attached to an aromatic ring is 1. The first-order valence-electron chi connectivity index (χ1n) is 7.20. The zero-order valence-electron chi connectivity index (χ0n) is 12.8. The molecule has 0 aromatic heterocycles. The van der Waals surface area contributed by atoms with E-state index in [1.165, 1.54) is 0 Å². The summed E-state index contributed by atoms with van der Waals surface area (Å²) >= 11 is 0. The Morgan fingerprint density at radius 1 is 1.24 bits per heavy atom. The number of anilines is 2. The van der Waals surface area contributed by atoms with Crippen molar-refractivity contribution in [2.24, 2.45) is 0 Å². The lowest BCUT2D eigenvalue weighted by molar-refractivity contribution is -0.121. The van der Waals surface area contributed by atoms with Gasteiger partial charge in [-0.15, -0.1) is 0 Å². The molecule has 0 saturated heterocycles. The molecule has 1 unspecified atom stereocenters. The number of carbonyl (C=O) groups excluding carboxylic acids is 2. The maximum absolute atomic E-state index is 12.1. The highest BCUT2D eigenvalue weighted by atomic mass is 16.2. The molecule has 6 nitrogen and oxygen atoms in total. The van der Waals surface area contributed by atoms with Gasteiger partial charge in [0.05, 0.1) is 0 Å². The predicted molar refractivity (Wildman–Crippen MR) is 85.2 cm³/mol. The summed E-state index contributed by atoms with van der Waals surface area (Å²) in [6.45, 7) is 6.81. The molecule has 0 aliphatic rings. The molecule has 0 heterocycles. The highest BCUT2D eigenvalue weighted by Gasteiger charge is 2.22. The molecule has 116 valence electrons. The molecule has 1 rings (SSSR count). The van der Waals surface area contributed by atoms with Crippen LogP contribution in [-0.4, -0.2) is 31.1 Å². The van der Waals surface area contributed by atoms with Gasteiger partial charge < -0.3 is 16.0 Å². The van der Waals surface area contributed by atoms with Crippen LogP contribution in [0.3, 0.4) is 0 Å². The van der Waals surface area contributed by atoms with Crippen molar-refractivity contribution in [2.45, 2.75) is 33.2 Å². The Morgan fingerprint density at radius 2 is 1.86 bits per heavy atom. The summed E-state index contributed by atoms with van der Waals surface area (Å²) < 4.78 is 0. The molecule has 0 aliphatic heterocycles. The fourth-order valence-corrected chi connectivity index (χ4v) is 2.02. The van der Waals surface area contributed by atoms with Gasteiger partial charge in [-0.05, 0) is 44.5 Å². The van der Waals surface area contributed by atoms with E-state index < -0.39 is 12.1 Å². The zero-order chi connectivity index (χ0) is 15.8. The fourth-order valence-electron chi connectivity index (χ4n) is 2.02. The van der Waals surface area contributed by atoms with E-state index in [1.54, 1.807) is 26.0 Å². The summed E-state index contributed by atoms with van der Waals surface area (Å²) in [5.74, 6) is -0.328. The van der Waals surface area contributed by atoms with E-state index >= 15 is 0 Å². The van der Waals surface area contributed by atoms with Gasteiger partial charge in [0.15, 0.2) is 0 Å². The SMILES string of the molecule is CCCN(c1ccc(N)cc1)C(C)C(=O)NC(=O)NCC. The number of nitrogens with one attached hydrogen (secondary N) is 2. The number of nitrogens with zero attached hydrogens (tertiary/aromatic N) is 1. The lowest BCUT2D eigenvalue weighted by atomic mass is 10.2. The Bertz CT molecular complexity index is 473. The highest BCUT2D eigenvalue weighted by molar-refractivity contribution is 5.98. The van der Waals surface area contributed by atoms with Crippen LogP contribution in [0.15, 0.2) is 24.3 Å². The molecular weight excluding hydrogens is 268 g/mol. The molecule has 0 bridgehead atoms. The molecule has 0 aliphatic carbocycles. The van der Waals surface area contributed by atoms with E-state index in [0.29, 0.717) is 18.8 Å². The second-order valence-electron chi connectivity index (χ2n) is 4.81. The Hall–Kier alpha value is -2.24. The first kappa shape index (κ1) is 16.8. The van der Waals surface area contributed by atoms with Gasteiger partial charge in [0.2, 0.25) is 5.91 Å². The number of rotatable bonds is 6. The van der Waals surface area contributed by atoms with Crippen LogP contribution in [0.4, 0.5) is 16.2 Å². The van der Waals surface area contributed by atoms with Crippen molar-refractivity contribution in [2.75, 3.05) is 23.7 Å². The van der Waals surface area contributed by atoms with Gasteiger partial charge in [-0.2, -0.15) is 0 Å². The van der Waals surface area contributed by atoms with E-state index in [1.807, 2.05) is 24.0 Å². The van der Waals surface area contributed by atoms with Gasteiger partial charge in [-0.3, -0.25) is 10.1 Å². The highest BCUT2D eigenvalue weighted by Crippen LogP contribution is 2.19. The van der Waals surface area contributed by atoms with Gasteiger partial charge >= 0.3 is 6.03 Å². The van der Waals surface area contributed by atoms with E-state index in [0.717, 1.165) is 12.1 Å². The minimum absolute atomic E-state index is 0.328. The molecule has 1 aromatic rings. The summed E-state index contributed by atoms with van der Waals surface area (Å²) in [4.78, 5) is 25.5. The number of carbonyl (C=O) groups is 2. The number of urea groups is 1. The third-order valence-electron chi connectivity index (χ3n) is 3.11. The van der Waals surface area contributed by atoms with Crippen molar-refractivity contribution in [3.8, 4) is 0 Å². The number of hydrogen-bond donors (Lipinski definition) is 3. The molecule has 0 spiro atoms. The summed E-state index contributed by atoms with van der Waals surface area (Å²) in [7, 11) is 0. The van der Waals surface area contributed by atoms with Crippen molar-refractivity contribution < 1.29 is 9.59 Å². The van der Waals surface area contributed by atoms with Crippen molar-refractivity contribution in [1.82, 2.24) is 10.6 Å². The molecule has 6 heteroatoms. The standard InChI is InChI=1S/C15H24N4O2/c1-4-10-19(13-8-6-12(16)7-9-13)11(3)14(20)18-15(21)17-5-2/h6-9,11H,4-5,10,16H2,1-3H3,(H2,17,18,20,21).